The normalized spacial score (nSPS) is 12.4. The quantitative estimate of drug-likeness (QED) is 0.827. The second-order valence-electron chi connectivity index (χ2n) is 4.28. The van der Waals surface area contributed by atoms with Gasteiger partial charge in [0, 0.05) is 18.9 Å². The average molecular weight is 282 g/mol. The van der Waals surface area contributed by atoms with Gasteiger partial charge in [0.05, 0.1) is 12.6 Å². The number of nitrogens with zero attached hydrogens (tertiary/aromatic N) is 1. The molecular weight excluding hydrogens is 269 g/mol. The Balaban J connectivity index is 2.12. The Hall–Kier alpha value is -1.92. The minimum Gasteiger partial charge on any atom is -0.394 e. The number of halogens is 3. The maximum Gasteiger partial charge on any atom is 0.194 e. The molecule has 0 aliphatic carbocycles. The lowest BCUT2D eigenvalue weighted by Gasteiger charge is -2.17. The molecule has 1 aromatic heterocycles. The van der Waals surface area contributed by atoms with Crippen LogP contribution in [0.5, 0.6) is 0 Å². The molecule has 0 saturated heterocycles. The van der Waals surface area contributed by atoms with Gasteiger partial charge in [-0.3, -0.25) is 4.98 Å². The molecule has 0 aliphatic heterocycles. The third-order valence-electron chi connectivity index (χ3n) is 2.87. The summed E-state index contributed by atoms with van der Waals surface area (Å²) in [6.07, 6.45) is 3.25. The van der Waals surface area contributed by atoms with Gasteiger partial charge in [0.15, 0.2) is 17.5 Å². The molecule has 0 radical (unpaired) electrons. The predicted molar refractivity (Wildman–Crippen MR) is 67.2 cm³/mol. The highest BCUT2D eigenvalue weighted by Crippen LogP contribution is 2.19. The number of hydrogen-bond acceptors (Lipinski definition) is 3. The number of hydrogen-bond donors (Lipinski definition) is 2. The third kappa shape index (κ3) is 3.34. The van der Waals surface area contributed by atoms with Crippen LogP contribution in [0.1, 0.15) is 17.2 Å². The molecule has 1 atom stereocenters. The summed E-state index contributed by atoms with van der Waals surface area (Å²) in [4.78, 5) is 3.93. The first-order valence-electron chi connectivity index (χ1n) is 5.99. The molecular formula is C14H13F3N2O. The topological polar surface area (TPSA) is 45.1 Å². The van der Waals surface area contributed by atoms with Crippen LogP contribution in [0.25, 0.3) is 0 Å². The molecule has 106 valence electrons. The van der Waals surface area contributed by atoms with Crippen molar-refractivity contribution in [3.63, 3.8) is 0 Å². The lowest BCUT2D eigenvalue weighted by molar-refractivity contribution is 0.242. The first kappa shape index (κ1) is 14.5. The smallest absolute Gasteiger partial charge is 0.194 e. The van der Waals surface area contributed by atoms with Gasteiger partial charge in [0.2, 0.25) is 0 Å². The highest BCUT2D eigenvalue weighted by Gasteiger charge is 2.16. The Bertz CT molecular complexity index is 555. The van der Waals surface area contributed by atoms with Crippen molar-refractivity contribution in [2.45, 2.75) is 12.6 Å². The standard InChI is InChI=1S/C14H13F3N2O/c15-11-4-10(5-12(16)14(11)17)13(8-20)19-7-9-2-1-3-18-6-9/h1-6,13,19-20H,7-8H2. The van der Waals surface area contributed by atoms with Gasteiger partial charge in [-0.1, -0.05) is 6.07 Å². The number of nitrogens with one attached hydrogen (secondary N) is 1. The number of aliphatic hydroxyl groups is 1. The van der Waals surface area contributed by atoms with Gasteiger partial charge in [-0.05, 0) is 29.3 Å². The van der Waals surface area contributed by atoms with Gasteiger partial charge in [-0.15, -0.1) is 0 Å². The van der Waals surface area contributed by atoms with Crippen LogP contribution in [0.4, 0.5) is 13.2 Å². The number of aromatic nitrogens is 1. The summed E-state index contributed by atoms with van der Waals surface area (Å²) in [7, 11) is 0. The SMILES string of the molecule is OCC(NCc1cccnc1)c1cc(F)c(F)c(F)c1. The summed E-state index contributed by atoms with van der Waals surface area (Å²) in [6.45, 7) is -0.00947. The zero-order chi connectivity index (χ0) is 14.5. The first-order valence-corrected chi connectivity index (χ1v) is 5.99. The van der Waals surface area contributed by atoms with E-state index >= 15 is 0 Å². The van der Waals surface area contributed by atoms with Crippen molar-refractivity contribution in [3.8, 4) is 0 Å². The van der Waals surface area contributed by atoms with Crippen molar-refractivity contribution in [2.75, 3.05) is 6.61 Å². The third-order valence-corrected chi connectivity index (χ3v) is 2.87. The van der Waals surface area contributed by atoms with E-state index in [4.69, 9.17) is 0 Å². The van der Waals surface area contributed by atoms with E-state index in [2.05, 4.69) is 10.3 Å². The maximum absolute atomic E-state index is 13.2. The van der Waals surface area contributed by atoms with Crippen LogP contribution in [0.3, 0.4) is 0 Å². The second kappa shape index (κ2) is 6.49. The fraction of sp³-hybridized carbons (Fsp3) is 0.214. The molecule has 0 aliphatic rings. The average Bonchev–Trinajstić information content (AvgIpc) is 2.46. The largest absolute Gasteiger partial charge is 0.394 e. The van der Waals surface area contributed by atoms with Gasteiger partial charge in [0.25, 0.3) is 0 Å². The van der Waals surface area contributed by atoms with Gasteiger partial charge in [-0.25, -0.2) is 13.2 Å². The number of rotatable bonds is 5. The summed E-state index contributed by atoms with van der Waals surface area (Å²) in [5.41, 5.74) is 1.00. The summed E-state index contributed by atoms with van der Waals surface area (Å²) in [5.74, 6) is -4.07. The summed E-state index contributed by atoms with van der Waals surface area (Å²) in [5, 5.41) is 12.2. The van der Waals surface area contributed by atoms with Crippen LogP contribution < -0.4 is 5.32 Å². The van der Waals surface area contributed by atoms with Gasteiger partial charge >= 0.3 is 0 Å². The Morgan fingerprint density at radius 3 is 2.45 bits per heavy atom. The predicted octanol–water partition coefficient (Wildman–Crippen LogP) is 2.32. The zero-order valence-electron chi connectivity index (χ0n) is 10.5. The van der Waals surface area contributed by atoms with E-state index in [1.807, 2.05) is 6.07 Å². The van der Waals surface area contributed by atoms with Crippen molar-refractivity contribution >= 4 is 0 Å². The minimum absolute atomic E-state index is 0.146. The van der Waals surface area contributed by atoms with Crippen LogP contribution >= 0.6 is 0 Å². The second-order valence-corrected chi connectivity index (χ2v) is 4.28. The van der Waals surface area contributed by atoms with Crippen LogP contribution in [0.2, 0.25) is 0 Å². The van der Waals surface area contributed by atoms with Crippen molar-refractivity contribution in [1.82, 2.24) is 10.3 Å². The Kier molecular flexibility index (Phi) is 4.70. The van der Waals surface area contributed by atoms with Crippen LogP contribution in [-0.4, -0.2) is 16.7 Å². The minimum atomic E-state index is -1.52. The van der Waals surface area contributed by atoms with Crippen molar-refractivity contribution in [3.05, 3.63) is 65.2 Å². The fourth-order valence-corrected chi connectivity index (χ4v) is 1.81. The summed E-state index contributed by atoms with van der Waals surface area (Å²) in [6, 6.07) is 4.62. The van der Waals surface area contributed by atoms with Gasteiger partial charge in [0.1, 0.15) is 0 Å². The Morgan fingerprint density at radius 2 is 1.90 bits per heavy atom. The number of benzene rings is 1. The molecule has 0 amide bonds. The molecule has 2 N–H and O–H groups in total. The van der Waals surface area contributed by atoms with Crippen LogP contribution in [-0.2, 0) is 6.54 Å². The van der Waals surface area contributed by atoms with E-state index in [1.54, 1.807) is 18.5 Å². The lowest BCUT2D eigenvalue weighted by atomic mass is 10.1. The van der Waals surface area contributed by atoms with Gasteiger partial charge < -0.3 is 10.4 Å². The first-order chi connectivity index (χ1) is 9.61. The van der Waals surface area contributed by atoms with E-state index in [-0.39, 0.29) is 12.2 Å². The molecule has 3 nitrogen and oxygen atoms in total. The van der Waals surface area contributed by atoms with Crippen molar-refractivity contribution in [2.24, 2.45) is 0 Å². The van der Waals surface area contributed by atoms with Crippen molar-refractivity contribution in [1.29, 1.82) is 0 Å². The summed E-state index contributed by atoms with van der Waals surface area (Å²) >= 11 is 0. The van der Waals surface area contributed by atoms with E-state index in [1.165, 1.54) is 0 Å². The fourth-order valence-electron chi connectivity index (χ4n) is 1.81. The number of aliphatic hydroxyl groups excluding tert-OH is 1. The molecule has 0 saturated carbocycles. The molecule has 2 aromatic rings. The molecule has 1 heterocycles. The highest BCUT2D eigenvalue weighted by atomic mass is 19.2. The molecule has 0 bridgehead atoms. The van der Waals surface area contributed by atoms with E-state index in [9.17, 15) is 18.3 Å². The Morgan fingerprint density at radius 1 is 1.20 bits per heavy atom. The lowest BCUT2D eigenvalue weighted by Crippen LogP contribution is -2.24. The molecule has 1 aromatic carbocycles. The monoisotopic (exact) mass is 282 g/mol. The Labute approximate surface area is 114 Å². The van der Waals surface area contributed by atoms with E-state index < -0.39 is 23.5 Å². The molecule has 0 fully saturated rings. The molecule has 20 heavy (non-hydrogen) atoms. The molecule has 1 unspecified atom stereocenters. The molecule has 0 spiro atoms. The molecule has 6 heteroatoms. The molecule has 2 rings (SSSR count). The summed E-state index contributed by atoms with van der Waals surface area (Å²) < 4.78 is 39.2. The number of pyridine rings is 1. The maximum atomic E-state index is 13.2. The zero-order valence-corrected chi connectivity index (χ0v) is 10.5. The van der Waals surface area contributed by atoms with Crippen LogP contribution in [0, 0.1) is 17.5 Å². The highest BCUT2D eigenvalue weighted by molar-refractivity contribution is 5.23. The van der Waals surface area contributed by atoms with E-state index in [0.29, 0.717) is 6.54 Å². The van der Waals surface area contributed by atoms with Gasteiger partial charge in [-0.2, -0.15) is 0 Å². The van der Waals surface area contributed by atoms with Crippen LogP contribution in [0.15, 0.2) is 36.7 Å². The van der Waals surface area contributed by atoms with E-state index in [0.717, 1.165) is 17.7 Å². The van der Waals surface area contributed by atoms with Crippen molar-refractivity contribution < 1.29 is 18.3 Å².